The summed E-state index contributed by atoms with van der Waals surface area (Å²) in [5.74, 6) is 6.91. The summed E-state index contributed by atoms with van der Waals surface area (Å²) >= 11 is 0. The van der Waals surface area contributed by atoms with Gasteiger partial charge in [0, 0.05) is 7.11 Å². The Morgan fingerprint density at radius 2 is 1.76 bits per heavy atom. The molecule has 0 aliphatic carbocycles. The van der Waals surface area contributed by atoms with Gasteiger partial charge in [-0.2, -0.15) is 0 Å². The molecule has 96 valence electrons. The van der Waals surface area contributed by atoms with Crippen molar-refractivity contribution < 1.29 is 14.2 Å². The maximum Gasteiger partial charge on any atom is 0.161 e. The van der Waals surface area contributed by atoms with Crippen LogP contribution in [0.15, 0.2) is 18.2 Å². The molecule has 0 radical (unpaired) electrons. The topological polar surface area (TPSA) is 65.7 Å². The third-order valence-electron chi connectivity index (χ3n) is 2.79. The summed E-state index contributed by atoms with van der Waals surface area (Å²) in [7, 11) is 4.86. The molecule has 5 nitrogen and oxygen atoms in total. The average molecular weight is 240 g/mol. The zero-order valence-corrected chi connectivity index (χ0v) is 10.7. The molecule has 0 aliphatic heterocycles. The maximum atomic E-state index is 5.54. The van der Waals surface area contributed by atoms with Crippen molar-refractivity contribution in [1.82, 2.24) is 5.43 Å². The lowest BCUT2D eigenvalue weighted by molar-refractivity contribution is 0.0830. The van der Waals surface area contributed by atoms with Crippen molar-refractivity contribution in [1.29, 1.82) is 0 Å². The number of benzene rings is 1. The van der Waals surface area contributed by atoms with E-state index < -0.39 is 0 Å². The first-order valence-electron chi connectivity index (χ1n) is 5.38. The van der Waals surface area contributed by atoms with Crippen LogP contribution < -0.4 is 20.7 Å². The van der Waals surface area contributed by atoms with Crippen LogP contribution in [0, 0.1) is 0 Å². The van der Waals surface area contributed by atoms with Crippen molar-refractivity contribution in [3.8, 4) is 11.5 Å². The van der Waals surface area contributed by atoms with Crippen LogP contribution in [0.2, 0.25) is 0 Å². The van der Waals surface area contributed by atoms with E-state index in [1.807, 2.05) is 25.1 Å². The Morgan fingerprint density at radius 1 is 1.12 bits per heavy atom. The van der Waals surface area contributed by atoms with E-state index in [1.54, 1.807) is 21.3 Å². The Kier molecular flexibility index (Phi) is 5.21. The van der Waals surface area contributed by atoms with E-state index in [0.717, 1.165) is 5.56 Å². The van der Waals surface area contributed by atoms with E-state index in [-0.39, 0.29) is 12.1 Å². The van der Waals surface area contributed by atoms with E-state index >= 15 is 0 Å². The highest BCUT2D eigenvalue weighted by molar-refractivity contribution is 5.44. The highest BCUT2D eigenvalue weighted by Gasteiger charge is 2.19. The van der Waals surface area contributed by atoms with E-state index in [0.29, 0.717) is 11.5 Å². The fraction of sp³-hybridized carbons (Fsp3) is 0.500. The molecule has 0 bridgehead atoms. The highest BCUT2D eigenvalue weighted by Crippen LogP contribution is 2.31. The number of rotatable bonds is 6. The summed E-state index contributed by atoms with van der Waals surface area (Å²) in [6.07, 6.45) is -0.0434. The molecule has 5 heteroatoms. The van der Waals surface area contributed by atoms with Crippen LogP contribution in [-0.2, 0) is 4.74 Å². The van der Waals surface area contributed by atoms with Crippen molar-refractivity contribution in [3.05, 3.63) is 23.8 Å². The van der Waals surface area contributed by atoms with Crippen LogP contribution in [0.25, 0.3) is 0 Å². The Bertz CT molecular complexity index is 358. The summed E-state index contributed by atoms with van der Waals surface area (Å²) in [6.45, 7) is 1.95. The van der Waals surface area contributed by atoms with Crippen LogP contribution in [0.5, 0.6) is 11.5 Å². The number of nitrogens with one attached hydrogen (secondary N) is 1. The van der Waals surface area contributed by atoms with Crippen LogP contribution >= 0.6 is 0 Å². The number of ether oxygens (including phenoxy) is 3. The molecule has 0 aromatic heterocycles. The largest absolute Gasteiger partial charge is 0.493 e. The van der Waals surface area contributed by atoms with Crippen LogP contribution in [-0.4, -0.2) is 27.4 Å². The third-order valence-corrected chi connectivity index (χ3v) is 2.79. The lowest BCUT2D eigenvalue weighted by Crippen LogP contribution is -2.36. The van der Waals surface area contributed by atoms with E-state index in [1.165, 1.54) is 0 Å². The number of hydrogen-bond donors (Lipinski definition) is 2. The lowest BCUT2D eigenvalue weighted by Gasteiger charge is -2.23. The summed E-state index contributed by atoms with van der Waals surface area (Å²) in [6, 6.07) is 5.57. The number of nitrogens with two attached hydrogens (primary N) is 1. The minimum atomic E-state index is -0.0974. The lowest BCUT2D eigenvalue weighted by atomic mass is 10.0. The molecule has 2 atom stereocenters. The second kappa shape index (κ2) is 6.44. The number of hydrazine groups is 1. The van der Waals surface area contributed by atoms with Gasteiger partial charge in [-0.25, -0.2) is 0 Å². The Labute approximate surface area is 102 Å². The van der Waals surface area contributed by atoms with Gasteiger partial charge in [-0.1, -0.05) is 6.07 Å². The Hall–Kier alpha value is -1.30. The fourth-order valence-electron chi connectivity index (χ4n) is 1.69. The number of hydrogen-bond acceptors (Lipinski definition) is 5. The molecule has 0 aliphatic rings. The second-order valence-electron chi connectivity index (χ2n) is 3.70. The molecular formula is C12H20N2O3. The molecule has 2 unspecified atom stereocenters. The second-order valence-corrected chi connectivity index (χ2v) is 3.70. The van der Waals surface area contributed by atoms with Crippen LogP contribution in [0.1, 0.15) is 18.5 Å². The van der Waals surface area contributed by atoms with Gasteiger partial charge in [-0.05, 0) is 24.6 Å². The molecule has 0 saturated carbocycles. The van der Waals surface area contributed by atoms with Crippen molar-refractivity contribution in [2.45, 2.75) is 19.1 Å². The smallest absolute Gasteiger partial charge is 0.161 e. The summed E-state index contributed by atoms with van der Waals surface area (Å²) in [5.41, 5.74) is 3.72. The normalized spacial score (nSPS) is 14.2. The molecule has 1 aromatic rings. The third kappa shape index (κ3) is 3.09. The fourth-order valence-corrected chi connectivity index (χ4v) is 1.69. The summed E-state index contributed by atoms with van der Waals surface area (Å²) < 4.78 is 15.7. The van der Waals surface area contributed by atoms with Gasteiger partial charge >= 0.3 is 0 Å². The molecule has 3 N–H and O–H groups in total. The van der Waals surface area contributed by atoms with E-state index in [9.17, 15) is 0 Å². The monoisotopic (exact) mass is 240 g/mol. The molecule has 0 spiro atoms. The maximum absolute atomic E-state index is 5.54. The molecular weight excluding hydrogens is 220 g/mol. The minimum Gasteiger partial charge on any atom is -0.493 e. The first kappa shape index (κ1) is 13.8. The van der Waals surface area contributed by atoms with Gasteiger partial charge in [-0.3, -0.25) is 11.3 Å². The first-order chi connectivity index (χ1) is 8.17. The highest BCUT2D eigenvalue weighted by atomic mass is 16.5. The zero-order chi connectivity index (χ0) is 12.8. The van der Waals surface area contributed by atoms with Gasteiger partial charge in [0.25, 0.3) is 0 Å². The predicted molar refractivity (Wildman–Crippen MR) is 66.1 cm³/mol. The molecule has 0 amide bonds. The van der Waals surface area contributed by atoms with E-state index in [2.05, 4.69) is 5.43 Å². The number of methoxy groups -OCH3 is 3. The summed E-state index contributed by atoms with van der Waals surface area (Å²) in [4.78, 5) is 0. The molecule has 1 aromatic carbocycles. The molecule has 0 heterocycles. The molecule has 17 heavy (non-hydrogen) atoms. The average Bonchev–Trinajstić information content (AvgIpc) is 2.38. The van der Waals surface area contributed by atoms with Crippen molar-refractivity contribution in [3.63, 3.8) is 0 Å². The van der Waals surface area contributed by atoms with Gasteiger partial charge in [0.05, 0.1) is 26.4 Å². The predicted octanol–water partition coefficient (Wildman–Crippen LogP) is 1.24. The molecule has 1 rings (SSSR count). The van der Waals surface area contributed by atoms with Gasteiger partial charge in [-0.15, -0.1) is 0 Å². The van der Waals surface area contributed by atoms with E-state index in [4.69, 9.17) is 20.1 Å². The Balaban J connectivity index is 3.04. The van der Waals surface area contributed by atoms with Crippen molar-refractivity contribution >= 4 is 0 Å². The van der Waals surface area contributed by atoms with Crippen LogP contribution in [0.3, 0.4) is 0 Å². The molecule has 0 saturated heterocycles. The van der Waals surface area contributed by atoms with Gasteiger partial charge in [0.2, 0.25) is 0 Å². The van der Waals surface area contributed by atoms with Gasteiger partial charge < -0.3 is 14.2 Å². The van der Waals surface area contributed by atoms with Crippen molar-refractivity contribution in [2.24, 2.45) is 5.84 Å². The summed E-state index contributed by atoms with van der Waals surface area (Å²) in [5, 5.41) is 0. The standard InChI is InChI=1S/C12H20N2O3/c1-8(15-2)12(14-13)9-5-6-10(16-3)11(7-9)17-4/h5-8,12,14H,13H2,1-4H3. The quantitative estimate of drug-likeness (QED) is 0.578. The van der Waals surface area contributed by atoms with Gasteiger partial charge in [0.15, 0.2) is 11.5 Å². The van der Waals surface area contributed by atoms with Crippen molar-refractivity contribution in [2.75, 3.05) is 21.3 Å². The van der Waals surface area contributed by atoms with Gasteiger partial charge in [0.1, 0.15) is 0 Å². The Morgan fingerprint density at radius 3 is 2.24 bits per heavy atom. The first-order valence-corrected chi connectivity index (χ1v) is 5.38. The zero-order valence-electron chi connectivity index (χ0n) is 10.7. The minimum absolute atomic E-state index is 0.0434. The molecule has 0 fully saturated rings. The SMILES string of the molecule is COc1ccc(C(NN)C(C)OC)cc1OC. The van der Waals surface area contributed by atoms with Crippen LogP contribution in [0.4, 0.5) is 0 Å².